The van der Waals surface area contributed by atoms with E-state index in [1.807, 2.05) is 65.1 Å². The molecule has 2 heterocycles. The van der Waals surface area contributed by atoms with Crippen LogP contribution < -0.4 is 13.3 Å². The van der Waals surface area contributed by atoms with Crippen molar-refractivity contribution in [2.75, 3.05) is 13.1 Å². The number of nitrogens with zero attached hydrogens (tertiary/aromatic N) is 1. The van der Waals surface area contributed by atoms with Crippen molar-refractivity contribution >= 4 is 45.9 Å². The van der Waals surface area contributed by atoms with E-state index in [1.165, 1.54) is 13.7 Å². The first-order valence-corrected chi connectivity index (χ1v) is 10.9. The van der Waals surface area contributed by atoms with E-state index < -0.39 is 0 Å². The fraction of sp³-hybridized carbons (Fsp3) is 0.250. The van der Waals surface area contributed by atoms with E-state index in [-0.39, 0.29) is 6.10 Å². The van der Waals surface area contributed by atoms with Crippen molar-refractivity contribution in [3.63, 3.8) is 0 Å². The second kappa shape index (κ2) is 7.35. The van der Waals surface area contributed by atoms with Gasteiger partial charge in [-0.25, -0.2) is 4.58 Å². The van der Waals surface area contributed by atoms with Crippen LogP contribution in [0.1, 0.15) is 30.4 Å². The highest BCUT2D eigenvalue weighted by atomic mass is 35.5. The van der Waals surface area contributed by atoms with Crippen LogP contribution >= 0.6 is 45.9 Å². The van der Waals surface area contributed by atoms with Crippen LogP contribution in [-0.4, -0.2) is 13.1 Å². The molecule has 0 bridgehead atoms. The molecule has 3 aromatic rings. The van der Waals surface area contributed by atoms with E-state index in [0.29, 0.717) is 0 Å². The lowest BCUT2D eigenvalue weighted by Gasteiger charge is -2.26. The lowest BCUT2D eigenvalue weighted by atomic mass is 10.0. The molecule has 0 saturated carbocycles. The van der Waals surface area contributed by atoms with E-state index in [9.17, 15) is 0 Å². The molecule has 1 aliphatic rings. The zero-order valence-corrected chi connectivity index (χ0v) is 17.6. The minimum Gasteiger partial charge on any atom is -0.479 e. The summed E-state index contributed by atoms with van der Waals surface area (Å²) in [5.41, 5.74) is 2.19. The highest BCUT2D eigenvalue weighted by molar-refractivity contribution is 7.29. The molecule has 134 valence electrons. The Bertz CT molecular complexity index is 1020. The van der Waals surface area contributed by atoms with Gasteiger partial charge < -0.3 is 4.74 Å². The standard InChI is InChI=1S/C20H18Cl2NOS2/c1-3-23(4-2)20-25-18-15-11-14(22)9-10-16(15)24-17(19(18)26-20)12-5-7-13(21)8-6-12/h5-11,17H,3-4H2,1-2H3/q+1. The monoisotopic (exact) mass is 422 g/mol. The summed E-state index contributed by atoms with van der Waals surface area (Å²) < 4.78 is 10.1. The van der Waals surface area contributed by atoms with Crippen LogP contribution in [0, 0.1) is 0 Å². The Morgan fingerprint density at radius 3 is 2.35 bits per heavy atom. The van der Waals surface area contributed by atoms with Gasteiger partial charge >= 0.3 is 3.98 Å². The number of fused-ring (bicyclic) bond motifs is 3. The summed E-state index contributed by atoms with van der Waals surface area (Å²) in [6.07, 6.45) is -0.124. The van der Waals surface area contributed by atoms with Gasteiger partial charge in [-0.3, -0.25) is 0 Å². The number of ether oxygens (including phenoxy) is 1. The fourth-order valence-electron chi connectivity index (χ4n) is 3.09. The minimum atomic E-state index is -0.124. The zero-order chi connectivity index (χ0) is 18.3. The molecule has 1 atom stereocenters. The smallest absolute Gasteiger partial charge is 0.314 e. The van der Waals surface area contributed by atoms with Gasteiger partial charge in [0.25, 0.3) is 0 Å². The van der Waals surface area contributed by atoms with Gasteiger partial charge in [-0.2, -0.15) is 0 Å². The molecule has 2 nitrogen and oxygen atoms in total. The van der Waals surface area contributed by atoms with E-state index in [0.717, 1.165) is 40.0 Å². The number of rotatable bonds is 3. The van der Waals surface area contributed by atoms with Gasteiger partial charge in [0.2, 0.25) is 0 Å². The molecule has 0 fully saturated rings. The predicted octanol–water partition coefficient (Wildman–Crippen LogP) is 6.08. The number of benzene rings is 2. The molecule has 0 amide bonds. The predicted molar refractivity (Wildman–Crippen MR) is 113 cm³/mol. The number of halogens is 2. The molecule has 0 aliphatic carbocycles. The third-order valence-corrected chi connectivity index (χ3v) is 7.74. The highest BCUT2D eigenvalue weighted by Crippen LogP contribution is 2.48. The summed E-state index contributed by atoms with van der Waals surface area (Å²) >= 11 is 16.0. The third kappa shape index (κ3) is 3.20. The Hall–Kier alpha value is -1.33. The summed E-state index contributed by atoms with van der Waals surface area (Å²) in [5.74, 6) is 0.877. The Kier molecular flexibility index (Phi) is 5.11. The minimum absolute atomic E-state index is 0.124. The Balaban J connectivity index is 1.95. The second-order valence-corrected chi connectivity index (χ2v) is 9.19. The van der Waals surface area contributed by atoms with Crippen LogP contribution in [0.4, 0.5) is 0 Å². The van der Waals surface area contributed by atoms with Crippen molar-refractivity contribution in [3.8, 4) is 16.2 Å². The van der Waals surface area contributed by atoms with Crippen LogP contribution in [0.2, 0.25) is 10.0 Å². The molecule has 1 aromatic heterocycles. The molecule has 0 N–H and O–H groups in total. The molecule has 4 rings (SSSR count). The van der Waals surface area contributed by atoms with Gasteiger partial charge in [-0.1, -0.05) is 58.0 Å². The molecule has 1 aliphatic heterocycles. The summed E-state index contributed by atoms with van der Waals surface area (Å²) in [6, 6.07) is 13.8. The molecule has 2 aromatic carbocycles. The van der Waals surface area contributed by atoms with Gasteiger partial charge in [0, 0.05) is 15.6 Å². The SMILES string of the molecule is CC[N+](CC)=c1sc2c(s1)C(c1ccc(Cl)cc1)Oc1ccc(Cl)cc1-2. The molecule has 0 radical (unpaired) electrons. The van der Waals surface area contributed by atoms with Crippen molar-refractivity contribution in [1.82, 2.24) is 4.58 Å². The lowest BCUT2D eigenvalue weighted by Crippen LogP contribution is -2.25. The Morgan fingerprint density at radius 1 is 0.962 bits per heavy atom. The van der Waals surface area contributed by atoms with Gasteiger partial charge in [0.1, 0.15) is 18.8 Å². The molecule has 0 spiro atoms. The van der Waals surface area contributed by atoms with Crippen LogP contribution in [0.3, 0.4) is 0 Å². The molecule has 1 unspecified atom stereocenters. The van der Waals surface area contributed by atoms with Crippen molar-refractivity contribution in [2.45, 2.75) is 20.0 Å². The number of hydrogen-bond acceptors (Lipinski definition) is 3. The first-order chi connectivity index (χ1) is 12.6. The summed E-state index contributed by atoms with van der Waals surface area (Å²) in [4.78, 5) is 2.48. The first-order valence-electron chi connectivity index (χ1n) is 8.54. The van der Waals surface area contributed by atoms with Crippen molar-refractivity contribution in [1.29, 1.82) is 0 Å². The zero-order valence-electron chi connectivity index (χ0n) is 14.5. The number of hydrogen-bond donors (Lipinski definition) is 0. The largest absolute Gasteiger partial charge is 0.479 e. The van der Waals surface area contributed by atoms with Gasteiger partial charge in [-0.15, -0.1) is 0 Å². The van der Waals surface area contributed by atoms with Crippen molar-refractivity contribution in [3.05, 3.63) is 66.9 Å². The third-order valence-electron chi connectivity index (χ3n) is 4.47. The second-order valence-electron chi connectivity index (χ2n) is 6.03. The first kappa shape index (κ1) is 18.1. The summed E-state index contributed by atoms with van der Waals surface area (Å²) in [7, 11) is 0. The highest BCUT2D eigenvalue weighted by Gasteiger charge is 2.31. The van der Waals surface area contributed by atoms with E-state index in [1.54, 1.807) is 0 Å². The van der Waals surface area contributed by atoms with Crippen LogP contribution in [-0.2, 0) is 0 Å². The maximum Gasteiger partial charge on any atom is 0.314 e. The summed E-state index contributed by atoms with van der Waals surface area (Å²) in [5, 5.41) is 1.46. The Morgan fingerprint density at radius 2 is 1.65 bits per heavy atom. The van der Waals surface area contributed by atoms with Crippen LogP contribution in [0.25, 0.3) is 10.4 Å². The average molecular weight is 423 g/mol. The molecule has 0 saturated heterocycles. The van der Waals surface area contributed by atoms with Crippen molar-refractivity contribution in [2.24, 2.45) is 0 Å². The van der Waals surface area contributed by atoms with Crippen LogP contribution in [0.15, 0.2) is 42.5 Å². The van der Waals surface area contributed by atoms with Gasteiger partial charge in [-0.05, 0) is 49.7 Å². The van der Waals surface area contributed by atoms with E-state index >= 15 is 0 Å². The Labute approximate surface area is 170 Å². The summed E-state index contributed by atoms with van der Waals surface area (Å²) in [6.45, 7) is 6.35. The van der Waals surface area contributed by atoms with Crippen molar-refractivity contribution < 1.29 is 4.74 Å². The molecule has 26 heavy (non-hydrogen) atoms. The van der Waals surface area contributed by atoms with E-state index in [2.05, 4.69) is 18.4 Å². The van der Waals surface area contributed by atoms with Gasteiger partial charge in [0.15, 0.2) is 6.10 Å². The lowest BCUT2D eigenvalue weighted by molar-refractivity contribution is 0.248. The quantitative estimate of drug-likeness (QED) is 0.465. The molecular weight excluding hydrogens is 405 g/mol. The van der Waals surface area contributed by atoms with Crippen LogP contribution in [0.5, 0.6) is 5.75 Å². The van der Waals surface area contributed by atoms with E-state index in [4.69, 9.17) is 27.9 Å². The normalized spacial score (nSPS) is 15.2. The topological polar surface area (TPSA) is 12.2 Å². The average Bonchev–Trinajstić information content (AvgIpc) is 3.08. The maximum absolute atomic E-state index is 6.40. The maximum atomic E-state index is 6.40. The van der Waals surface area contributed by atoms with Gasteiger partial charge in [0.05, 0.1) is 9.75 Å². The molecule has 6 heteroatoms. The molecular formula is C20H18Cl2NOS2+. The fourth-order valence-corrected chi connectivity index (χ4v) is 6.43.